The zero-order valence-corrected chi connectivity index (χ0v) is 12.7. The van der Waals surface area contributed by atoms with Crippen molar-refractivity contribution in [3.8, 4) is 5.75 Å². The van der Waals surface area contributed by atoms with Gasteiger partial charge in [-0.15, -0.1) is 0 Å². The van der Waals surface area contributed by atoms with Crippen molar-refractivity contribution in [1.82, 2.24) is 4.98 Å². The topological polar surface area (TPSA) is 48.1 Å². The number of aryl methyl sites for hydroxylation is 1. The molecule has 1 unspecified atom stereocenters. The van der Waals surface area contributed by atoms with Crippen LogP contribution in [0.3, 0.4) is 0 Å². The summed E-state index contributed by atoms with van der Waals surface area (Å²) in [7, 11) is 1.68. The van der Waals surface area contributed by atoms with Crippen molar-refractivity contribution >= 4 is 11.6 Å². The minimum absolute atomic E-state index is 0.132. The van der Waals surface area contributed by atoms with Gasteiger partial charge in [0.15, 0.2) is 0 Å². The molecule has 2 aromatic rings. The van der Waals surface area contributed by atoms with Crippen molar-refractivity contribution < 1.29 is 4.74 Å². The van der Waals surface area contributed by atoms with Gasteiger partial charge in [-0.25, -0.2) is 0 Å². The molecular weight excluding hydrogens is 272 g/mol. The van der Waals surface area contributed by atoms with E-state index in [0.29, 0.717) is 11.4 Å². The average Bonchev–Trinajstić information content (AvgIpc) is 2.42. The van der Waals surface area contributed by atoms with E-state index in [4.69, 9.17) is 22.1 Å². The Labute approximate surface area is 124 Å². The number of hydrogen-bond acceptors (Lipinski definition) is 3. The highest BCUT2D eigenvalue weighted by molar-refractivity contribution is 6.30. The fraction of sp³-hybridized carbons (Fsp3) is 0.312. The molecule has 2 N–H and O–H groups in total. The Kier molecular flexibility index (Phi) is 4.63. The number of ether oxygens (including phenoxy) is 1. The summed E-state index contributed by atoms with van der Waals surface area (Å²) >= 11 is 6.00. The highest BCUT2D eigenvalue weighted by Gasteiger charge is 2.14. The first-order chi connectivity index (χ1) is 9.52. The maximum Gasteiger partial charge on any atom is 0.128 e. The van der Waals surface area contributed by atoms with Gasteiger partial charge in [0.1, 0.15) is 5.75 Å². The van der Waals surface area contributed by atoms with Gasteiger partial charge >= 0.3 is 0 Å². The van der Waals surface area contributed by atoms with Gasteiger partial charge in [-0.3, -0.25) is 4.98 Å². The first-order valence-electron chi connectivity index (χ1n) is 6.53. The van der Waals surface area contributed by atoms with E-state index in [1.807, 2.05) is 44.3 Å². The summed E-state index contributed by atoms with van der Waals surface area (Å²) in [5, 5.41) is 0.698. The molecule has 1 aromatic carbocycles. The van der Waals surface area contributed by atoms with Gasteiger partial charge in [0, 0.05) is 40.5 Å². The summed E-state index contributed by atoms with van der Waals surface area (Å²) in [6.45, 7) is 4.00. The molecule has 0 saturated heterocycles. The van der Waals surface area contributed by atoms with Gasteiger partial charge in [-0.1, -0.05) is 23.7 Å². The molecule has 0 fully saturated rings. The fourth-order valence-electron chi connectivity index (χ4n) is 2.34. The Morgan fingerprint density at radius 1 is 1.35 bits per heavy atom. The van der Waals surface area contributed by atoms with Gasteiger partial charge in [0.2, 0.25) is 0 Å². The van der Waals surface area contributed by atoms with Crippen LogP contribution in [-0.2, 0) is 6.42 Å². The number of methoxy groups -OCH3 is 1. The molecule has 106 valence electrons. The Hall–Kier alpha value is -1.58. The van der Waals surface area contributed by atoms with Crippen LogP contribution in [-0.4, -0.2) is 12.1 Å². The lowest BCUT2D eigenvalue weighted by atomic mass is 9.99. The molecule has 4 heteroatoms. The third-order valence-electron chi connectivity index (χ3n) is 3.44. The minimum atomic E-state index is -0.132. The molecule has 0 saturated carbocycles. The van der Waals surface area contributed by atoms with E-state index in [1.165, 1.54) is 0 Å². The number of nitrogens with zero attached hydrogens (tertiary/aromatic N) is 1. The zero-order chi connectivity index (χ0) is 14.7. The standard InChI is InChI=1S/C16H19ClN2O/c1-10-9-19-15(11(2)16(10)20-3)8-14(18)12-5-4-6-13(17)7-12/h4-7,9,14H,8,18H2,1-3H3. The van der Waals surface area contributed by atoms with E-state index < -0.39 is 0 Å². The molecule has 0 radical (unpaired) electrons. The molecular formula is C16H19ClN2O. The van der Waals surface area contributed by atoms with Gasteiger partial charge < -0.3 is 10.5 Å². The van der Waals surface area contributed by atoms with Crippen LogP contribution in [0.15, 0.2) is 30.5 Å². The minimum Gasteiger partial charge on any atom is -0.496 e. The molecule has 0 aliphatic rings. The summed E-state index contributed by atoms with van der Waals surface area (Å²) in [6, 6.07) is 7.50. The van der Waals surface area contributed by atoms with E-state index in [2.05, 4.69) is 4.98 Å². The molecule has 0 bridgehead atoms. The molecule has 1 atom stereocenters. The van der Waals surface area contributed by atoms with Crippen LogP contribution in [0.5, 0.6) is 5.75 Å². The Balaban J connectivity index is 2.26. The van der Waals surface area contributed by atoms with Crippen LogP contribution in [0.25, 0.3) is 0 Å². The largest absolute Gasteiger partial charge is 0.496 e. The molecule has 0 amide bonds. The molecule has 0 aliphatic carbocycles. The van der Waals surface area contributed by atoms with E-state index in [9.17, 15) is 0 Å². The van der Waals surface area contributed by atoms with Gasteiger partial charge in [-0.2, -0.15) is 0 Å². The quantitative estimate of drug-likeness (QED) is 0.936. The van der Waals surface area contributed by atoms with Crippen LogP contribution in [0.1, 0.15) is 28.4 Å². The number of rotatable bonds is 4. The Bertz CT molecular complexity index is 613. The normalized spacial score (nSPS) is 12.2. The smallest absolute Gasteiger partial charge is 0.128 e. The molecule has 1 heterocycles. The lowest BCUT2D eigenvalue weighted by molar-refractivity contribution is 0.406. The second kappa shape index (κ2) is 6.25. The van der Waals surface area contributed by atoms with Crippen molar-refractivity contribution in [2.45, 2.75) is 26.3 Å². The van der Waals surface area contributed by atoms with Crippen LogP contribution in [0, 0.1) is 13.8 Å². The summed E-state index contributed by atoms with van der Waals surface area (Å²) in [5.74, 6) is 0.883. The number of nitrogens with two attached hydrogens (primary N) is 1. The molecule has 0 aliphatic heterocycles. The summed E-state index contributed by atoms with van der Waals surface area (Å²) in [6.07, 6.45) is 2.48. The first-order valence-corrected chi connectivity index (χ1v) is 6.90. The lowest BCUT2D eigenvalue weighted by Gasteiger charge is -2.16. The SMILES string of the molecule is COc1c(C)cnc(CC(N)c2cccc(Cl)c2)c1C. The number of aromatic nitrogens is 1. The van der Waals surface area contributed by atoms with Gasteiger partial charge in [0.05, 0.1) is 7.11 Å². The number of pyridine rings is 1. The highest BCUT2D eigenvalue weighted by Crippen LogP contribution is 2.27. The number of hydrogen-bond donors (Lipinski definition) is 1. The van der Waals surface area contributed by atoms with Crippen molar-refractivity contribution in [3.05, 3.63) is 57.9 Å². The summed E-state index contributed by atoms with van der Waals surface area (Å²) < 4.78 is 5.42. The monoisotopic (exact) mass is 290 g/mol. The van der Waals surface area contributed by atoms with Crippen LogP contribution >= 0.6 is 11.6 Å². The molecule has 3 nitrogen and oxygen atoms in total. The van der Waals surface area contributed by atoms with Gasteiger partial charge in [0.25, 0.3) is 0 Å². The van der Waals surface area contributed by atoms with Crippen molar-refractivity contribution in [1.29, 1.82) is 0 Å². The third-order valence-corrected chi connectivity index (χ3v) is 3.67. The average molecular weight is 291 g/mol. The Morgan fingerprint density at radius 2 is 2.10 bits per heavy atom. The van der Waals surface area contributed by atoms with Crippen molar-refractivity contribution in [2.24, 2.45) is 5.73 Å². The maximum absolute atomic E-state index is 6.25. The summed E-state index contributed by atoms with van der Waals surface area (Å²) in [5.41, 5.74) is 10.3. The number of halogens is 1. The van der Waals surface area contributed by atoms with E-state index in [-0.39, 0.29) is 6.04 Å². The second-order valence-corrected chi connectivity index (χ2v) is 5.35. The fourth-order valence-corrected chi connectivity index (χ4v) is 2.54. The molecule has 1 aromatic heterocycles. The second-order valence-electron chi connectivity index (χ2n) is 4.91. The molecule has 0 spiro atoms. The first kappa shape index (κ1) is 14.8. The number of benzene rings is 1. The van der Waals surface area contributed by atoms with E-state index in [1.54, 1.807) is 7.11 Å². The Morgan fingerprint density at radius 3 is 2.75 bits per heavy atom. The predicted molar refractivity (Wildman–Crippen MR) is 82.3 cm³/mol. The lowest BCUT2D eigenvalue weighted by Crippen LogP contribution is -2.15. The van der Waals surface area contributed by atoms with Crippen LogP contribution in [0.4, 0.5) is 0 Å². The summed E-state index contributed by atoms with van der Waals surface area (Å²) in [4.78, 5) is 4.48. The zero-order valence-electron chi connectivity index (χ0n) is 12.0. The van der Waals surface area contributed by atoms with Crippen molar-refractivity contribution in [2.75, 3.05) is 7.11 Å². The predicted octanol–water partition coefficient (Wildman–Crippen LogP) is 3.60. The van der Waals surface area contributed by atoms with Crippen LogP contribution in [0.2, 0.25) is 5.02 Å². The van der Waals surface area contributed by atoms with Crippen LogP contribution < -0.4 is 10.5 Å². The van der Waals surface area contributed by atoms with Gasteiger partial charge in [-0.05, 0) is 31.5 Å². The van der Waals surface area contributed by atoms with E-state index >= 15 is 0 Å². The highest BCUT2D eigenvalue weighted by atomic mass is 35.5. The molecule has 2 rings (SSSR count). The maximum atomic E-state index is 6.25. The third kappa shape index (κ3) is 3.11. The molecule has 20 heavy (non-hydrogen) atoms. The van der Waals surface area contributed by atoms with Crippen molar-refractivity contribution in [3.63, 3.8) is 0 Å². The van der Waals surface area contributed by atoms with E-state index in [0.717, 1.165) is 28.1 Å².